The zero-order valence-corrected chi connectivity index (χ0v) is 18.1. The van der Waals surface area contributed by atoms with Crippen molar-refractivity contribution in [3.05, 3.63) is 53.6 Å². The van der Waals surface area contributed by atoms with Crippen molar-refractivity contribution in [2.75, 3.05) is 0 Å². The standard InChI is InChI=1S/C24H35P/c1-7-16-23(3,4)20-15-14-19(18-12-10-9-11-13-18)22(25)21(20)24(5,6)17-8-2/h9-15H,7-8,16-17,25H2,1-6H3. The number of rotatable bonds is 7. The molecule has 136 valence electrons. The quantitative estimate of drug-likeness (QED) is 0.469. The van der Waals surface area contributed by atoms with E-state index in [9.17, 15) is 0 Å². The third kappa shape index (κ3) is 4.35. The summed E-state index contributed by atoms with van der Waals surface area (Å²) in [4.78, 5) is 0. The van der Waals surface area contributed by atoms with Crippen molar-refractivity contribution in [2.45, 2.75) is 78.1 Å². The third-order valence-corrected chi connectivity index (χ3v) is 6.09. The smallest absolute Gasteiger partial charge is 0.00944 e. The number of benzene rings is 2. The molecule has 0 nitrogen and oxygen atoms in total. The summed E-state index contributed by atoms with van der Waals surface area (Å²) in [6.07, 6.45) is 4.85. The Hall–Kier alpha value is -1.13. The first kappa shape index (κ1) is 20.2. The maximum atomic E-state index is 3.08. The Balaban J connectivity index is 2.72. The molecule has 0 spiro atoms. The molecular weight excluding hydrogens is 319 g/mol. The van der Waals surface area contributed by atoms with Gasteiger partial charge in [-0.15, -0.1) is 9.24 Å². The van der Waals surface area contributed by atoms with Crippen molar-refractivity contribution < 1.29 is 0 Å². The van der Waals surface area contributed by atoms with Crippen LogP contribution in [0.15, 0.2) is 42.5 Å². The van der Waals surface area contributed by atoms with Crippen LogP contribution in [-0.2, 0) is 10.8 Å². The molecule has 0 saturated heterocycles. The molecule has 2 rings (SSSR count). The van der Waals surface area contributed by atoms with Gasteiger partial charge < -0.3 is 0 Å². The van der Waals surface area contributed by atoms with Gasteiger partial charge in [-0.3, -0.25) is 0 Å². The first-order valence-electron chi connectivity index (χ1n) is 9.73. The highest BCUT2D eigenvalue weighted by Gasteiger charge is 2.32. The van der Waals surface area contributed by atoms with Gasteiger partial charge in [-0.2, -0.15) is 0 Å². The topological polar surface area (TPSA) is 0 Å². The van der Waals surface area contributed by atoms with E-state index >= 15 is 0 Å². The zero-order valence-electron chi connectivity index (χ0n) is 16.9. The van der Waals surface area contributed by atoms with Crippen LogP contribution in [0, 0.1) is 0 Å². The van der Waals surface area contributed by atoms with Crippen molar-refractivity contribution in [1.82, 2.24) is 0 Å². The van der Waals surface area contributed by atoms with Crippen molar-refractivity contribution in [2.24, 2.45) is 0 Å². The van der Waals surface area contributed by atoms with Crippen LogP contribution in [-0.4, -0.2) is 0 Å². The minimum atomic E-state index is 0.178. The summed E-state index contributed by atoms with van der Waals surface area (Å²) in [5, 5.41) is 1.38. The van der Waals surface area contributed by atoms with E-state index in [0.717, 1.165) is 0 Å². The molecule has 0 aliphatic heterocycles. The van der Waals surface area contributed by atoms with Gasteiger partial charge in [0.25, 0.3) is 0 Å². The molecule has 1 atom stereocenters. The molecule has 0 fully saturated rings. The van der Waals surface area contributed by atoms with Crippen LogP contribution in [0.25, 0.3) is 11.1 Å². The SMILES string of the molecule is CCCC(C)(C)c1ccc(-c2ccccc2)c(P)c1C(C)(C)CCC. The molecule has 0 aromatic heterocycles. The highest BCUT2D eigenvalue weighted by atomic mass is 31.0. The molecule has 0 saturated carbocycles. The van der Waals surface area contributed by atoms with Crippen LogP contribution in [0.4, 0.5) is 0 Å². The maximum Gasteiger partial charge on any atom is -0.00944 e. The number of hydrogen-bond acceptors (Lipinski definition) is 0. The molecule has 0 aliphatic carbocycles. The predicted molar refractivity (Wildman–Crippen MR) is 117 cm³/mol. The van der Waals surface area contributed by atoms with Gasteiger partial charge >= 0.3 is 0 Å². The fraction of sp³-hybridized carbons (Fsp3) is 0.500. The van der Waals surface area contributed by atoms with Gasteiger partial charge in [0.05, 0.1) is 0 Å². The Bertz CT molecular complexity index is 696. The lowest BCUT2D eigenvalue weighted by molar-refractivity contribution is 0.430. The molecule has 25 heavy (non-hydrogen) atoms. The van der Waals surface area contributed by atoms with Gasteiger partial charge in [0.15, 0.2) is 0 Å². The van der Waals surface area contributed by atoms with Crippen LogP contribution >= 0.6 is 9.24 Å². The first-order chi connectivity index (χ1) is 11.7. The monoisotopic (exact) mass is 354 g/mol. The second kappa shape index (κ2) is 8.05. The van der Waals surface area contributed by atoms with Crippen LogP contribution in [0.1, 0.15) is 78.4 Å². The van der Waals surface area contributed by atoms with E-state index in [-0.39, 0.29) is 10.8 Å². The van der Waals surface area contributed by atoms with Gasteiger partial charge in [0.1, 0.15) is 0 Å². The second-order valence-corrected chi connectivity index (χ2v) is 9.16. The molecule has 0 amide bonds. The van der Waals surface area contributed by atoms with Gasteiger partial charge in [0.2, 0.25) is 0 Å². The predicted octanol–water partition coefficient (Wildman–Crippen LogP) is 7.01. The fourth-order valence-corrected chi connectivity index (χ4v) is 5.10. The summed E-state index contributed by atoms with van der Waals surface area (Å²) < 4.78 is 0. The molecule has 0 bridgehead atoms. The molecule has 0 radical (unpaired) electrons. The fourth-order valence-electron chi connectivity index (χ4n) is 4.29. The molecule has 0 N–H and O–H groups in total. The lowest BCUT2D eigenvalue weighted by Gasteiger charge is -2.37. The second-order valence-electron chi connectivity index (χ2n) is 8.58. The van der Waals surface area contributed by atoms with E-state index in [2.05, 4.69) is 93.2 Å². The molecule has 0 aliphatic rings. The summed E-state index contributed by atoms with van der Waals surface area (Å²) in [5.41, 5.74) is 6.10. The molecule has 2 aromatic carbocycles. The third-order valence-electron chi connectivity index (χ3n) is 5.49. The summed E-state index contributed by atoms with van der Waals surface area (Å²) >= 11 is 0. The number of hydrogen-bond donors (Lipinski definition) is 0. The van der Waals surface area contributed by atoms with Gasteiger partial charge in [0, 0.05) is 0 Å². The Morgan fingerprint density at radius 3 is 1.88 bits per heavy atom. The summed E-state index contributed by atoms with van der Waals surface area (Å²) in [6.45, 7) is 14.2. The minimum absolute atomic E-state index is 0.178. The van der Waals surface area contributed by atoms with Crippen molar-refractivity contribution in [3.63, 3.8) is 0 Å². The lowest BCUT2D eigenvalue weighted by atomic mass is 9.69. The van der Waals surface area contributed by atoms with E-state index < -0.39 is 0 Å². The maximum absolute atomic E-state index is 3.08. The Labute approximate surface area is 157 Å². The normalized spacial score (nSPS) is 12.4. The van der Waals surface area contributed by atoms with Crippen LogP contribution < -0.4 is 5.30 Å². The van der Waals surface area contributed by atoms with Crippen molar-refractivity contribution in [1.29, 1.82) is 0 Å². The molecule has 1 unspecified atom stereocenters. The average molecular weight is 355 g/mol. The van der Waals surface area contributed by atoms with E-state index in [1.165, 1.54) is 47.7 Å². The Kier molecular flexibility index (Phi) is 6.50. The largest absolute Gasteiger partial charge is 0.105 e. The van der Waals surface area contributed by atoms with Crippen LogP contribution in [0.5, 0.6) is 0 Å². The zero-order chi connectivity index (χ0) is 18.7. The van der Waals surface area contributed by atoms with Crippen molar-refractivity contribution in [3.8, 4) is 11.1 Å². The first-order valence-corrected chi connectivity index (χ1v) is 10.3. The summed E-state index contributed by atoms with van der Waals surface area (Å²) in [5.74, 6) is 0. The highest BCUT2D eigenvalue weighted by molar-refractivity contribution is 7.28. The van der Waals surface area contributed by atoms with Gasteiger partial charge in [-0.1, -0.05) is 96.8 Å². The molecule has 2 aromatic rings. The molecular formula is C24H35P. The summed E-state index contributed by atoms with van der Waals surface area (Å²) in [7, 11) is 3.08. The van der Waals surface area contributed by atoms with E-state index in [1.807, 2.05) is 0 Å². The van der Waals surface area contributed by atoms with E-state index in [0.29, 0.717) is 0 Å². The highest BCUT2D eigenvalue weighted by Crippen LogP contribution is 2.40. The van der Waals surface area contributed by atoms with Crippen LogP contribution in [0.3, 0.4) is 0 Å². The summed E-state index contributed by atoms with van der Waals surface area (Å²) in [6, 6.07) is 15.5. The Morgan fingerprint density at radius 2 is 1.32 bits per heavy atom. The molecule has 0 heterocycles. The van der Waals surface area contributed by atoms with Crippen molar-refractivity contribution >= 4 is 14.5 Å². The van der Waals surface area contributed by atoms with E-state index in [1.54, 1.807) is 5.56 Å². The minimum Gasteiger partial charge on any atom is -0.105 e. The average Bonchev–Trinajstić information content (AvgIpc) is 2.55. The van der Waals surface area contributed by atoms with Gasteiger partial charge in [-0.25, -0.2) is 0 Å². The lowest BCUT2D eigenvalue weighted by Crippen LogP contribution is -2.31. The molecule has 1 heteroatoms. The van der Waals surface area contributed by atoms with Gasteiger partial charge in [-0.05, 0) is 51.2 Å². The van der Waals surface area contributed by atoms with E-state index in [4.69, 9.17) is 0 Å². The Morgan fingerprint density at radius 1 is 0.760 bits per heavy atom. The van der Waals surface area contributed by atoms with Crippen LogP contribution in [0.2, 0.25) is 0 Å².